The molecular weight excluding hydrogens is 260 g/mol. The molecule has 1 aliphatic heterocycles. The Hall–Kier alpha value is -1.35. The summed E-state index contributed by atoms with van der Waals surface area (Å²) in [5, 5.41) is 3.46. The molecule has 3 heteroatoms. The van der Waals surface area contributed by atoms with Gasteiger partial charge >= 0.3 is 0 Å². The molecule has 1 saturated heterocycles. The maximum Gasteiger partial charge on any atom is 0.241 e. The van der Waals surface area contributed by atoms with Gasteiger partial charge in [-0.2, -0.15) is 0 Å². The standard InChI is InChI=1S/C18H26N2O/c1-13-8-10-16(11-9-13)17-19-14(2)18(21)20(17)12-15-6-4-3-5-7-15/h8-11,14-15,17,19H,3-7,12H2,1-2H3. The normalized spacial score (nSPS) is 27.3. The van der Waals surface area contributed by atoms with Crippen LogP contribution >= 0.6 is 0 Å². The number of benzene rings is 1. The number of hydrogen-bond acceptors (Lipinski definition) is 2. The highest BCUT2D eigenvalue weighted by Crippen LogP contribution is 2.31. The van der Waals surface area contributed by atoms with E-state index in [0.717, 1.165) is 6.54 Å². The van der Waals surface area contributed by atoms with Crippen molar-refractivity contribution in [3.63, 3.8) is 0 Å². The van der Waals surface area contributed by atoms with Crippen molar-refractivity contribution in [2.24, 2.45) is 5.92 Å². The lowest BCUT2D eigenvalue weighted by Crippen LogP contribution is -2.35. The second-order valence-corrected chi connectivity index (χ2v) is 6.70. The highest BCUT2D eigenvalue weighted by atomic mass is 16.2. The van der Waals surface area contributed by atoms with Crippen molar-refractivity contribution < 1.29 is 4.79 Å². The van der Waals surface area contributed by atoms with Crippen molar-refractivity contribution in [3.8, 4) is 0 Å². The number of nitrogens with zero attached hydrogens (tertiary/aromatic N) is 1. The van der Waals surface area contributed by atoms with E-state index in [1.54, 1.807) is 0 Å². The molecule has 1 N–H and O–H groups in total. The predicted octanol–water partition coefficient (Wildman–Crippen LogP) is 3.39. The van der Waals surface area contributed by atoms with Gasteiger partial charge in [-0.1, -0.05) is 49.1 Å². The quantitative estimate of drug-likeness (QED) is 0.923. The molecule has 1 saturated carbocycles. The first kappa shape index (κ1) is 14.6. The Morgan fingerprint density at radius 3 is 2.48 bits per heavy atom. The number of aryl methyl sites for hydroxylation is 1. The number of carbonyl (C=O) groups is 1. The molecule has 0 radical (unpaired) electrons. The second kappa shape index (κ2) is 6.18. The van der Waals surface area contributed by atoms with Crippen LogP contribution in [0.15, 0.2) is 24.3 Å². The van der Waals surface area contributed by atoms with Gasteiger partial charge in [0.2, 0.25) is 5.91 Å². The molecule has 1 heterocycles. The van der Waals surface area contributed by atoms with Crippen molar-refractivity contribution >= 4 is 5.91 Å². The Balaban J connectivity index is 1.77. The predicted molar refractivity (Wildman–Crippen MR) is 84.8 cm³/mol. The van der Waals surface area contributed by atoms with Gasteiger partial charge in [-0.15, -0.1) is 0 Å². The first-order valence-electron chi connectivity index (χ1n) is 8.28. The highest BCUT2D eigenvalue weighted by Gasteiger charge is 2.38. The van der Waals surface area contributed by atoms with Crippen molar-refractivity contribution in [2.75, 3.05) is 6.54 Å². The van der Waals surface area contributed by atoms with E-state index < -0.39 is 0 Å². The third-order valence-corrected chi connectivity index (χ3v) is 4.95. The van der Waals surface area contributed by atoms with E-state index >= 15 is 0 Å². The summed E-state index contributed by atoms with van der Waals surface area (Å²) in [6.45, 7) is 4.98. The van der Waals surface area contributed by atoms with Gasteiger partial charge in [0.05, 0.1) is 6.04 Å². The molecule has 1 amide bonds. The number of carbonyl (C=O) groups excluding carboxylic acids is 1. The molecule has 1 aromatic carbocycles. The molecule has 0 spiro atoms. The van der Waals surface area contributed by atoms with Crippen LogP contribution in [0, 0.1) is 12.8 Å². The Morgan fingerprint density at radius 2 is 1.81 bits per heavy atom. The van der Waals surface area contributed by atoms with Crippen LogP contribution in [0.25, 0.3) is 0 Å². The van der Waals surface area contributed by atoms with Gasteiger partial charge in [-0.05, 0) is 38.2 Å². The molecule has 2 aliphatic rings. The smallest absolute Gasteiger partial charge is 0.241 e. The lowest BCUT2D eigenvalue weighted by Gasteiger charge is -2.31. The van der Waals surface area contributed by atoms with E-state index in [4.69, 9.17) is 0 Å². The fraction of sp³-hybridized carbons (Fsp3) is 0.611. The summed E-state index contributed by atoms with van der Waals surface area (Å²) in [5.74, 6) is 0.939. The van der Waals surface area contributed by atoms with E-state index in [1.165, 1.54) is 43.2 Å². The van der Waals surface area contributed by atoms with Gasteiger partial charge in [0.15, 0.2) is 0 Å². The number of nitrogens with one attached hydrogen (secondary N) is 1. The molecule has 3 rings (SSSR count). The number of hydrogen-bond donors (Lipinski definition) is 1. The molecule has 0 aromatic heterocycles. The molecule has 3 nitrogen and oxygen atoms in total. The Morgan fingerprint density at radius 1 is 1.14 bits per heavy atom. The van der Waals surface area contributed by atoms with Crippen molar-refractivity contribution in [2.45, 2.75) is 58.2 Å². The van der Waals surface area contributed by atoms with Crippen LogP contribution in [0.2, 0.25) is 0 Å². The Kier molecular flexibility index (Phi) is 4.29. The molecular formula is C18H26N2O. The third kappa shape index (κ3) is 3.13. The van der Waals surface area contributed by atoms with Gasteiger partial charge < -0.3 is 4.90 Å². The van der Waals surface area contributed by atoms with Crippen LogP contribution in [0.4, 0.5) is 0 Å². The fourth-order valence-corrected chi connectivity index (χ4v) is 3.64. The zero-order chi connectivity index (χ0) is 14.8. The summed E-state index contributed by atoms with van der Waals surface area (Å²) in [4.78, 5) is 14.6. The van der Waals surface area contributed by atoms with Gasteiger partial charge in [0.1, 0.15) is 6.17 Å². The van der Waals surface area contributed by atoms with E-state index in [9.17, 15) is 4.79 Å². The van der Waals surface area contributed by atoms with E-state index in [2.05, 4.69) is 41.4 Å². The summed E-state index contributed by atoms with van der Waals surface area (Å²) in [5.41, 5.74) is 2.46. The first-order chi connectivity index (χ1) is 10.1. The third-order valence-electron chi connectivity index (χ3n) is 4.95. The summed E-state index contributed by atoms with van der Waals surface area (Å²) < 4.78 is 0. The average molecular weight is 286 g/mol. The minimum absolute atomic E-state index is 0.0510. The van der Waals surface area contributed by atoms with Crippen LogP contribution in [0.1, 0.15) is 56.3 Å². The molecule has 114 valence electrons. The van der Waals surface area contributed by atoms with Crippen LogP contribution in [0.3, 0.4) is 0 Å². The molecule has 1 aromatic rings. The SMILES string of the molecule is Cc1ccc(C2NC(C)C(=O)N2CC2CCCCC2)cc1. The van der Waals surface area contributed by atoms with Gasteiger partial charge in [0, 0.05) is 6.54 Å². The van der Waals surface area contributed by atoms with Crippen LogP contribution in [-0.4, -0.2) is 23.4 Å². The van der Waals surface area contributed by atoms with Crippen LogP contribution in [-0.2, 0) is 4.79 Å². The molecule has 1 aliphatic carbocycles. The van der Waals surface area contributed by atoms with Gasteiger partial charge in [-0.25, -0.2) is 0 Å². The van der Waals surface area contributed by atoms with Crippen molar-refractivity contribution in [1.82, 2.24) is 10.2 Å². The summed E-state index contributed by atoms with van der Waals surface area (Å²) in [7, 11) is 0. The van der Waals surface area contributed by atoms with Gasteiger partial charge in [0.25, 0.3) is 0 Å². The highest BCUT2D eigenvalue weighted by molar-refractivity contribution is 5.84. The monoisotopic (exact) mass is 286 g/mol. The van der Waals surface area contributed by atoms with Crippen molar-refractivity contribution in [1.29, 1.82) is 0 Å². The largest absolute Gasteiger partial charge is 0.321 e. The summed E-state index contributed by atoms with van der Waals surface area (Å²) in [6.07, 6.45) is 6.61. The van der Waals surface area contributed by atoms with Crippen LogP contribution in [0.5, 0.6) is 0 Å². The molecule has 2 atom stereocenters. The van der Waals surface area contributed by atoms with E-state index in [-0.39, 0.29) is 18.1 Å². The zero-order valence-electron chi connectivity index (χ0n) is 13.1. The molecule has 0 bridgehead atoms. The first-order valence-corrected chi connectivity index (χ1v) is 8.28. The maximum atomic E-state index is 12.5. The molecule has 2 unspecified atom stereocenters. The average Bonchev–Trinajstić information content (AvgIpc) is 2.78. The van der Waals surface area contributed by atoms with Gasteiger partial charge in [-0.3, -0.25) is 10.1 Å². The maximum absolute atomic E-state index is 12.5. The summed E-state index contributed by atoms with van der Waals surface area (Å²) in [6, 6.07) is 8.48. The topological polar surface area (TPSA) is 32.3 Å². The lowest BCUT2D eigenvalue weighted by molar-refractivity contribution is -0.130. The molecule has 2 fully saturated rings. The lowest BCUT2D eigenvalue weighted by atomic mass is 9.88. The van der Waals surface area contributed by atoms with Crippen LogP contribution < -0.4 is 5.32 Å². The fourth-order valence-electron chi connectivity index (χ4n) is 3.64. The Labute approximate surface area is 127 Å². The molecule has 21 heavy (non-hydrogen) atoms. The zero-order valence-corrected chi connectivity index (χ0v) is 13.1. The number of amides is 1. The van der Waals surface area contributed by atoms with E-state index in [1.807, 2.05) is 6.92 Å². The summed E-state index contributed by atoms with van der Waals surface area (Å²) >= 11 is 0. The number of rotatable bonds is 3. The van der Waals surface area contributed by atoms with Crippen molar-refractivity contribution in [3.05, 3.63) is 35.4 Å². The second-order valence-electron chi connectivity index (χ2n) is 6.70. The van der Waals surface area contributed by atoms with E-state index in [0.29, 0.717) is 5.92 Å². The minimum atomic E-state index is -0.0695. The Bertz CT molecular complexity index is 490. The minimum Gasteiger partial charge on any atom is -0.321 e.